The van der Waals surface area contributed by atoms with Gasteiger partial charge in [0.1, 0.15) is 5.01 Å². The summed E-state index contributed by atoms with van der Waals surface area (Å²) in [6.07, 6.45) is 2.82. The molecule has 2 rings (SSSR count). The van der Waals surface area contributed by atoms with Gasteiger partial charge in [0.25, 0.3) is 0 Å². The van der Waals surface area contributed by atoms with E-state index in [1.165, 1.54) is 4.88 Å². The van der Waals surface area contributed by atoms with Crippen LogP contribution in [0.4, 0.5) is 5.13 Å². The molecule has 0 aromatic carbocycles. The van der Waals surface area contributed by atoms with E-state index < -0.39 is 0 Å². The number of hydrogen-bond donors (Lipinski definition) is 1. The van der Waals surface area contributed by atoms with Crippen molar-refractivity contribution in [3.05, 3.63) is 21.6 Å². The normalized spacial score (nSPS) is 12.7. The van der Waals surface area contributed by atoms with Crippen LogP contribution in [0.1, 0.15) is 29.8 Å². The Labute approximate surface area is 96.4 Å². The lowest BCUT2D eigenvalue weighted by Gasteiger charge is -2.08. The Morgan fingerprint density at radius 1 is 1.47 bits per heavy atom. The number of rotatable bonds is 4. The summed E-state index contributed by atoms with van der Waals surface area (Å²) in [7, 11) is 0. The largest absolute Gasteiger partial charge is 0.353 e. The molecule has 15 heavy (non-hydrogen) atoms. The van der Waals surface area contributed by atoms with Crippen LogP contribution >= 0.6 is 22.7 Å². The molecular weight excluding hydrogens is 228 g/mol. The quantitative estimate of drug-likeness (QED) is 0.892. The van der Waals surface area contributed by atoms with Crippen LogP contribution < -0.4 is 5.32 Å². The molecule has 6 heteroatoms. The second kappa shape index (κ2) is 4.67. The fourth-order valence-corrected chi connectivity index (χ4v) is 2.55. The third-order valence-corrected chi connectivity index (χ3v) is 3.94. The predicted octanol–water partition coefficient (Wildman–Crippen LogP) is 2.73. The maximum atomic E-state index is 4.08. The summed E-state index contributed by atoms with van der Waals surface area (Å²) >= 11 is 3.26. The Hall–Kier alpha value is -1.01. The molecule has 4 nitrogen and oxygen atoms in total. The van der Waals surface area contributed by atoms with Gasteiger partial charge in [0.05, 0.1) is 11.6 Å². The lowest BCUT2D eigenvalue weighted by Crippen LogP contribution is -2.04. The van der Waals surface area contributed by atoms with Crippen LogP contribution in [0.3, 0.4) is 0 Å². The third kappa shape index (κ3) is 2.51. The molecule has 80 valence electrons. The number of nitrogens with zero attached hydrogens (tertiary/aromatic N) is 3. The van der Waals surface area contributed by atoms with Crippen molar-refractivity contribution >= 4 is 27.8 Å². The maximum absolute atomic E-state index is 4.08. The summed E-state index contributed by atoms with van der Waals surface area (Å²) in [5.41, 5.74) is 1.84. The van der Waals surface area contributed by atoms with Crippen LogP contribution in [-0.2, 0) is 6.42 Å². The highest BCUT2D eigenvalue weighted by Crippen LogP contribution is 2.24. The lowest BCUT2D eigenvalue weighted by atomic mass is 10.3. The SMILES string of the molecule is CCc1nnc(NC(C)c2cncs2)s1. The molecule has 0 bridgehead atoms. The Kier molecular flexibility index (Phi) is 3.27. The Morgan fingerprint density at radius 3 is 2.93 bits per heavy atom. The molecule has 0 aliphatic rings. The van der Waals surface area contributed by atoms with Crippen LogP contribution in [0.2, 0.25) is 0 Å². The average Bonchev–Trinajstić information content (AvgIpc) is 2.87. The van der Waals surface area contributed by atoms with Crippen LogP contribution in [0.25, 0.3) is 0 Å². The number of anilines is 1. The van der Waals surface area contributed by atoms with E-state index >= 15 is 0 Å². The highest BCUT2D eigenvalue weighted by atomic mass is 32.1. The van der Waals surface area contributed by atoms with Crippen molar-refractivity contribution in [2.24, 2.45) is 0 Å². The summed E-state index contributed by atoms with van der Waals surface area (Å²) in [5.74, 6) is 0. The zero-order chi connectivity index (χ0) is 10.7. The molecule has 2 aromatic rings. The highest BCUT2D eigenvalue weighted by Gasteiger charge is 2.09. The molecule has 2 aromatic heterocycles. The van der Waals surface area contributed by atoms with Crippen molar-refractivity contribution in [2.45, 2.75) is 26.3 Å². The van der Waals surface area contributed by atoms with Crippen LogP contribution in [-0.4, -0.2) is 15.2 Å². The number of aryl methyl sites for hydroxylation is 1. The average molecular weight is 240 g/mol. The van der Waals surface area contributed by atoms with Crippen molar-refractivity contribution in [1.29, 1.82) is 0 Å². The van der Waals surface area contributed by atoms with E-state index in [4.69, 9.17) is 0 Å². The molecule has 0 aliphatic heterocycles. The van der Waals surface area contributed by atoms with Gasteiger partial charge in [-0.3, -0.25) is 4.98 Å². The minimum atomic E-state index is 0.246. The van der Waals surface area contributed by atoms with E-state index in [-0.39, 0.29) is 6.04 Å². The van der Waals surface area contributed by atoms with Gasteiger partial charge in [-0.15, -0.1) is 21.5 Å². The van der Waals surface area contributed by atoms with E-state index in [1.54, 1.807) is 22.7 Å². The molecule has 0 fully saturated rings. The Balaban J connectivity index is 2.02. The smallest absolute Gasteiger partial charge is 0.206 e. The topological polar surface area (TPSA) is 50.7 Å². The van der Waals surface area contributed by atoms with Gasteiger partial charge < -0.3 is 5.32 Å². The van der Waals surface area contributed by atoms with Crippen molar-refractivity contribution in [3.63, 3.8) is 0 Å². The fraction of sp³-hybridized carbons (Fsp3) is 0.444. The molecule has 0 saturated heterocycles. The van der Waals surface area contributed by atoms with Gasteiger partial charge in [0.2, 0.25) is 5.13 Å². The van der Waals surface area contributed by atoms with Crippen molar-refractivity contribution in [1.82, 2.24) is 15.2 Å². The van der Waals surface area contributed by atoms with Crippen LogP contribution in [0.5, 0.6) is 0 Å². The zero-order valence-electron chi connectivity index (χ0n) is 8.60. The van der Waals surface area contributed by atoms with E-state index in [0.29, 0.717) is 0 Å². The monoisotopic (exact) mass is 240 g/mol. The standard InChI is InChI=1S/C9H12N4S2/c1-3-8-12-13-9(15-8)11-6(2)7-4-10-5-14-7/h4-6H,3H2,1-2H3,(H,11,13). The van der Waals surface area contributed by atoms with Gasteiger partial charge >= 0.3 is 0 Å². The van der Waals surface area contributed by atoms with E-state index in [9.17, 15) is 0 Å². The first-order valence-corrected chi connectivity index (χ1v) is 6.46. The number of thiazole rings is 1. The Bertz CT molecular complexity index is 409. The summed E-state index contributed by atoms with van der Waals surface area (Å²) in [5, 5.41) is 13.4. The summed E-state index contributed by atoms with van der Waals surface area (Å²) in [4.78, 5) is 5.26. The first-order chi connectivity index (χ1) is 7.29. The summed E-state index contributed by atoms with van der Waals surface area (Å²) in [6, 6.07) is 0.246. The molecular formula is C9H12N4S2. The zero-order valence-corrected chi connectivity index (χ0v) is 10.2. The molecule has 0 amide bonds. The van der Waals surface area contributed by atoms with Gasteiger partial charge in [-0.05, 0) is 13.3 Å². The molecule has 0 spiro atoms. The Morgan fingerprint density at radius 2 is 2.33 bits per heavy atom. The van der Waals surface area contributed by atoms with Crippen molar-refractivity contribution in [2.75, 3.05) is 5.32 Å². The predicted molar refractivity (Wildman–Crippen MR) is 63.4 cm³/mol. The number of aromatic nitrogens is 3. The number of hydrogen-bond acceptors (Lipinski definition) is 6. The molecule has 1 unspecified atom stereocenters. The molecule has 0 radical (unpaired) electrons. The highest BCUT2D eigenvalue weighted by molar-refractivity contribution is 7.15. The van der Waals surface area contributed by atoms with E-state index in [2.05, 4.69) is 34.3 Å². The lowest BCUT2D eigenvalue weighted by molar-refractivity contribution is 0.886. The summed E-state index contributed by atoms with van der Waals surface area (Å²) < 4.78 is 0. The molecule has 1 N–H and O–H groups in total. The minimum Gasteiger partial charge on any atom is -0.353 e. The van der Waals surface area contributed by atoms with Gasteiger partial charge in [-0.2, -0.15) is 0 Å². The minimum absolute atomic E-state index is 0.246. The van der Waals surface area contributed by atoms with Gasteiger partial charge in [0.15, 0.2) is 0 Å². The van der Waals surface area contributed by atoms with Gasteiger partial charge in [-0.25, -0.2) is 0 Å². The molecule has 2 heterocycles. The fourth-order valence-electron chi connectivity index (χ4n) is 1.15. The first-order valence-electron chi connectivity index (χ1n) is 4.77. The first kappa shape index (κ1) is 10.5. The van der Waals surface area contributed by atoms with Gasteiger partial charge in [-0.1, -0.05) is 18.3 Å². The van der Waals surface area contributed by atoms with Crippen LogP contribution in [0.15, 0.2) is 11.7 Å². The van der Waals surface area contributed by atoms with Crippen molar-refractivity contribution in [3.8, 4) is 0 Å². The van der Waals surface area contributed by atoms with E-state index in [1.807, 2.05) is 11.7 Å². The molecule has 0 aliphatic carbocycles. The third-order valence-electron chi connectivity index (χ3n) is 1.99. The molecule has 1 atom stereocenters. The van der Waals surface area contributed by atoms with Crippen molar-refractivity contribution < 1.29 is 0 Å². The van der Waals surface area contributed by atoms with Gasteiger partial charge in [0, 0.05) is 11.1 Å². The van der Waals surface area contributed by atoms with E-state index in [0.717, 1.165) is 16.6 Å². The summed E-state index contributed by atoms with van der Waals surface area (Å²) in [6.45, 7) is 4.18. The second-order valence-electron chi connectivity index (χ2n) is 3.12. The molecule has 0 saturated carbocycles. The number of nitrogens with one attached hydrogen (secondary N) is 1. The van der Waals surface area contributed by atoms with Crippen LogP contribution in [0, 0.1) is 0 Å². The maximum Gasteiger partial charge on any atom is 0.206 e. The second-order valence-corrected chi connectivity index (χ2v) is 5.10.